The van der Waals surface area contributed by atoms with Gasteiger partial charge < -0.3 is 10.1 Å². The average Bonchev–Trinajstić information content (AvgIpc) is 2.75. The lowest BCUT2D eigenvalue weighted by Crippen LogP contribution is -2.36. The Hall–Kier alpha value is -2.20. The van der Waals surface area contributed by atoms with E-state index in [1.54, 1.807) is 6.07 Å². The minimum absolute atomic E-state index is 0.189. The Labute approximate surface area is 189 Å². The standard InChI is InChI=1S/C20H19Cl2FN2O5S/c21-14-5-6-15(22)17(11-14)24-19(26)12-30-20(27)13-4-7-16(23)18(10-13)31(28,29)25-8-2-1-3-9-25/h4-7,10-11H,1-3,8-9,12H2,(H,24,26). The van der Waals surface area contributed by atoms with Crippen LogP contribution in [0.15, 0.2) is 41.3 Å². The van der Waals surface area contributed by atoms with Crippen LogP contribution in [-0.2, 0) is 19.6 Å². The molecule has 1 saturated heterocycles. The number of nitrogens with zero attached hydrogens (tertiary/aromatic N) is 1. The van der Waals surface area contributed by atoms with Crippen molar-refractivity contribution in [2.24, 2.45) is 0 Å². The lowest BCUT2D eigenvalue weighted by Gasteiger charge is -2.26. The highest BCUT2D eigenvalue weighted by molar-refractivity contribution is 7.89. The molecule has 1 aliphatic rings. The minimum atomic E-state index is -4.09. The lowest BCUT2D eigenvalue weighted by molar-refractivity contribution is -0.119. The monoisotopic (exact) mass is 488 g/mol. The van der Waals surface area contributed by atoms with Gasteiger partial charge in [-0.3, -0.25) is 4.79 Å². The van der Waals surface area contributed by atoms with Gasteiger partial charge in [0.1, 0.15) is 10.7 Å². The Morgan fingerprint density at radius 2 is 1.77 bits per heavy atom. The molecule has 0 atom stereocenters. The second kappa shape index (κ2) is 9.95. The number of benzene rings is 2. The van der Waals surface area contributed by atoms with Crippen molar-refractivity contribution in [3.05, 3.63) is 57.8 Å². The zero-order valence-electron chi connectivity index (χ0n) is 16.2. The van der Waals surface area contributed by atoms with Gasteiger partial charge in [0.15, 0.2) is 6.61 Å². The molecular weight excluding hydrogens is 470 g/mol. The highest BCUT2D eigenvalue weighted by Gasteiger charge is 2.29. The third-order valence-corrected chi connectivity index (χ3v) is 7.11. The van der Waals surface area contributed by atoms with Crippen LogP contribution in [-0.4, -0.2) is 44.3 Å². The number of esters is 1. The fraction of sp³-hybridized carbons (Fsp3) is 0.300. The first-order valence-electron chi connectivity index (χ1n) is 9.40. The number of carbonyl (C=O) groups excluding carboxylic acids is 2. The maximum atomic E-state index is 14.3. The van der Waals surface area contributed by atoms with Gasteiger partial charge in [0.05, 0.1) is 16.3 Å². The van der Waals surface area contributed by atoms with Crippen LogP contribution in [0.5, 0.6) is 0 Å². The fourth-order valence-corrected chi connectivity index (χ4v) is 5.01. The molecule has 1 N–H and O–H groups in total. The first-order chi connectivity index (χ1) is 14.7. The molecule has 2 aromatic carbocycles. The normalized spacial score (nSPS) is 14.8. The van der Waals surface area contributed by atoms with Gasteiger partial charge in [-0.2, -0.15) is 4.31 Å². The van der Waals surface area contributed by atoms with Crippen molar-refractivity contribution < 1.29 is 27.1 Å². The Morgan fingerprint density at radius 1 is 1.06 bits per heavy atom. The Morgan fingerprint density at radius 3 is 2.48 bits per heavy atom. The summed E-state index contributed by atoms with van der Waals surface area (Å²) in [5.41, 5.74) is 0.0532. The molecule has 0 unspecified atom stereocenters. The van der Waals surface area contributed by atoms with Crippen LogP contribution < -0.4 is 5.32 Å². The minimum Gasteiger partial charge on any atom is -0.452 e. The predicted octanol–water partition coefficient (Wildman–Crippen LogP) is 4.10. The van der Waals surface area contributed by atoms with Crippen molar-refractivity contribution in [1.29, 1.82) is 0 Å². The second-order valence-corrected chi connectivity index (χ2v) is 9.61. The largest absolute Gasteiger partial charge is 0.452 e. The van der Waals surface area contributed by atoms with E-state index >= 15 is 0 Å². The van der Waals surface area contributed by atoms with Gasteiger partial charge in [-0.25, -0.2) is 17.6 Å². The van der Waals surface area contributed by atoms with Crippen molar-refractivity contribution in [1.82, 2.24) is 4.31 Å². The molecule has 0 aliphatic carbocycles. The van der Waals surface area contributed by atoms with Crippen molar-refractivity contribution in [3.8, 4) is 0 Å². The summed E-state index contributed by atoms with van der Waals surface area (Å²) in [6, 6.07) is 7.38. The van der Waals surface area contributed by atoms with E-state index in [-0.39, 0.29) is 16.3 Å². The molecule has 0 saturated carbocycles. The van der Waals surface area contributed by atoms with E-state index in [2.05, 4.69) is 5.32 Å². The van der Waals surface area contributed by atoms with E-state index in [1.165, 1.54) is 16.4 Å². The van der Waals surface area contributed by atoms with E-state index in [4.69, 9.17) is 27.9 Å². The predicted molar refractivity (Wildman–Crippen MR) is 114 cm³/mol. The number of piperidine rings is 1. The van der Waals surface area contributed by atoms with Gasteiger partial charge in [-0.15, -0.1) is 0 Å². The van der Waals surface area contributed by atoms with Crippen LogP contribution >= 0.6 is 23.2 Å². The van der Waals surface area contributed by atoms with E-state index < -0.39 is 39.2 Å². The first kappa shape index (κ1) is 23.5. The molecule has 0 radical (unpaired) electrons. The summed E-state index contributed by atoms with van der Waals surface area (Å²) >= 11 is 11.8. The van der Waals surface area contributed by atoms with Crippen LogP contribution in [0.1, 0.15) is 29.6 Å². The zero-order valence-corrected chi connectivity index (χ0v) is 18.6. The number of hydrogen-bond donors (Lipinski definition) is 1. The number of hydrogen-bond acceptors (Lipinski definition) is 5. The number of halogens is 3. The Kier molecular flexibility index (Phi) is 7.53. The number of carbonyl (C=O) groups is 2. The first-order valence-corrected chi connectivity index (χ1v) is 11.6. The maximum absolute atomic E-state index is 14.3. The molecule has 0 bridgehead atoms. The lowest BCUT2D eigenvalue weighted by atomic mass is 10.2. The Bertz CT molecular complexity index is 1100. The van der Waals surface area contributed by atoms with Gasteiger partial charge in [0.25, 0.3) is 5.91 Å². The number of rotatable bonds is 6. The van der Waals surface area contributed by atoms with Gasteiger partial charge in [0, 0.05) is 18.1 Å². The molecule has 1 amide bonds. The molecule has 2 aromatic rings. The fourth-order valence-electron chi connectivity index (χ4n) is 3.07. The quantitative estimate of drug-likeness (QED) is 0.617. The number of ether oxygens (including phenoxy) is 1. The highest BCUT2D eigenvalue weighted by atomic mass is 35.5. The van der Waals surface area contributed by atoms with Crippen LogP contribution in [0.4, 0.5) is 10.1 Å². The smallest absolute Gasteiger partial charge is 0.338 e. The summed E-state index contributed by atoms with van der Waals surface area (Å²) in [6.07, 6.45) is 2.28. The molecule has 7 nitrogen and oxygen atoms in total. The van der Waals surface area contributed by atoms with E-state index in [1.807, 2.05) is 0 Å². The highest BCUT2D eigenvalue weighted by Crippen LogP contribution is 2.26. The number of nitrogens with one attached hydrogen (secondary N) is 1. The van der Waals surface area contributed by atoms with Crippen LogP contribution in [0.2, 0.25) is 10.0 Å². The third-order valence-electron chi connectivity index (χ3n) is 4.64. The summed E-state index contributed by atoms with van der Waals surface area (Å²) in [6.45, 7) is -0.0708. The summed E-state index contributed by atoms with van der Waals surface area (Å²) in [5, 5.41) is 3.05. The van der Waals surface area contributed by atoms with Gasteiger partial charge >= 0.3 is 5.97 Å². The van der Waals surface area contributed by atoms with Gasteiger partial charge in [0.2, 0.25) is 10.0 Å². The number of amides is 1. The van der Waals surface area contributed by atoms with Gasteiger partial charge in [-0.05, 0) is 49.2 Å². The van der Waals surface area contributed by atoms with E-state index in [0.717, 1.165) is 24.6 Å². The van der Waals surface area contributed by atoms with Crippen LogP contribution in [0.3, 0.4) is 0 Å². The molecule has 1 fully saturated rings. The molecular formula is C20H19Cl2FN2O5S. The summed E-state index contributed by atoms with van der Waals surface area (Å²) in [5.74, 6) is -2.61. The van der Waals surface area contributed by atoms with Gasteiger partial charge in [-0.1, -0.05) is 29.6 Å². The molecule has 3 rings (SSSR count). The van der Waals surface area contributed by atoms with Crippen molar-refractivity contribution in [3.63, 3.8) is 0 Å². The summed E-state index contributed by atoms with van der Waals surface area (Å²) < 4.78 is 45.9. The molecule has 0 spiro atoms. The molecule has 0 aromatic heterocycles. The molecule has 31 heavy (non-hydrogen) atoms. The SMILES string of the molecule is O=C(COC(=O)c1ccc(F)c(S(=O)(=O)N2CCCCC2)c1)Nc1cc(Cl)ccc1Cl. The van der Waals surface area contributed by atoms with E-state index in [9.17, 15) is 22.4 Å². The molecule has 11 heteroatoms. The average molecular weight is 489 g/mol. The summed E-state index contributed by atoms with van der Waals surface area (Å²) in [7, 11) is -4.09. The maximum Gasteiger partial charge on any atom is 0.338 e. The van der Waals surface area contributed by atoms with Crippen molar-refractivity contribution >= 4 is 50.8 Å². The zero-order chi connectivity index (χ0) is 22.6. The number of anilines is 1. The topological polar surface area (TPSA) is 92.8 Å². The second-order valence-electron chi connectivity index (χ2n) is 6.86. The number of sulfonamides is 1. The van der Waals surface area contributed by atoms with Crippen LogP contribution in [0, 0.1) is 5.82 Å². The summed E-state index contributed by atoms with van der Waals surface area (Å²) in [4.78, 5) is 23.8. The van der Waals surface area contributed by atoms with E-state index in [0.29, 0.717) is 31.0 Å². The van der Waals surface area contributed by atoms with Crippen molar-refractivity contribution in [2.75, 3.05) is 25.0 Å². The van der Waals surface area contributed by atoms with Crippen LogP contribution in [0.25, 0.3) is 0 Å². The molecule has 1 heterocycles. The van der Waals surface area contributed by atoms with Crippen molar-refractivity contribution in [2.45, 2.75) is 24.2 Å². The molecule has 166 valence electrons. The Balaban J connectivity index is 1.68. The molecule has 1 aliphatic heterocycles. The third kappa shape index (κ3) is 5.74.